The van der Waals surface area contributed by atoms with Crippen LogP contribution in [0.25, 0.3) is 0 Å². The van der Waals surface area contributed by atoms with Crippen LogP contribution in [-0.2, 0) is 6.54 Å². The monoisotopic (exact) mass is 206 g/mol. The first-order valence-corrected chi connectivity index (χ1v) is 4.89. The Balaban J connectivity index is 2.79. The van der Waals surface area contributed by atoms with Crippen molar-refractivity contribution in [2.24, 2.45) is 0 Å². The fraction of sp³-hybridized carbons (Fsp3) is 0.333. The average Bonchev–Trinajstić information content (AvgIpc) is 2.21. The molecule has 0 spiro atoms. The number of nitrogens with zero attached hydrogens (tertiary/aromatic N) is 1. The second kappa shape index (κ2) is 5.41. The molecule has 0 unspecified atom stereocenters. The van der Waals surface area contributed by atoms with E-state index in [2.05, 4.69) is 11.5 Å². The van der Waals surface area contributed by atoms with Crippen molar-refractivity contribution in [3.05, 3.63) is 36.4 Å². The highest BCUT2D eigenvalue weighted by molar-refractivity contribution is 5.48. The Kier molecular flexibility index (Phi) is 4.18. The Labute approximate surface area is 91.1 Å². The van der Waals surface area contributed by atoms with Gasteiger partial charge in [0.05, 0.1) is 7.11 Å². The molecular formula is C12H18N2O. The quantitative estimate of drug-likeness (QED) is 0.590. The lowest BCUT2D eigenvalue weighted by Gasteiger charge is -2.16. The van der Waals surface area contributed by atoms with Crippen molar-refractivity contribution in [3.8, 4) is 5.75 Å². The maximum absolute atomic E-state index is 5.68. The zero-order valence-corrected chi connectivity index (χ0v) is 9.36. The number of nitrogens with two attached hydrogens (primary N) is 1. The van der Waals surface area contributed by atoms with E-state index in [1.807, 2.05) is 31.3 Å². The van der Waals surface area contributed by atoms with Gasteiger partial charge in [-0.3, -0.25) is 4.90 Å². The molecule has 0 aromatic heterocycles. The molecule has 0 heterocycles. The van der Waals surface area contributed by atoms with Crippen LogP contribution in [0.2, 0.25) is 0 Å². The standard InChI is InChI=1S/C12H18N2O/c1-4-7-14(2)9-10-5-6-11(13)8-12(10)15-3/h4-6,8H,1,7,9,13H2,2-3H3. The van der Waals surface area contributed by atoms with Crippen LogP contribution in [-0.4, -0.2) is 25.6 Å². The van der Waals surface area contributed by atoms with Crippen molar-refractivity contribution in [1.82, 2.24) is 4.90 Å². The highest BCUT2D eigenvalue weighted by Crippen LogP contribution is 2.22. The average molecular weight is 206 g/mol. The van der Waals surface area contributed by atoms with Gasteiger partial charge in [-0.2, -0.15) is 0 Å². The molecule has 15 heavy (non-hydrogen) atoms. The molecule has 1 rings (SSSR count). The van der Waals surface area contributed by atoms with Gasteiger partial charge in [-0.1, -0.05) is 12.1 Å². The van der Waals surface area contributed by atoms with Crippen LogP contribution in [0.1, 0.15) is 5.56 Å². The zero-order chi connectivity index (χ0) is 11.3. The molecule has 0 saturated heterocycles. The third-order valence-electron chi connectivity index (χ3n) is 2.19. The number of nitrogen functional groups attached to an aromatic ring is 1. The minimum Gasteiger partial charge on any atom is -0.496 e. The smallest absolute Gasteiger partial charge is 0.125 e. The van der Waals surface area contributed by atoms with E-state index in [4.69, 9.17) is 10.5 Å². The first-order valence-electron chi connectivity index (χ1n) is 4.89. The van der Waals surface area contributed by atoms with Crippen molar-refractivity contribution in [3.63, 3.8) is 0 Å². The van der Waals surface area contributed by atoms with Crippen LogP contribution in [0.15, 0.2) is 30.9 Å². The summed E-state index contributed by atoms with van der Waals surface area (Å²) in [4.78, 5) is 2.15. The number of methoxy groups -OCH3 is 1. The van der Waals surface area contributed by atoms with Crippen molar-refractivity contribution < 1.29 is 4.74 Å². The van der Waals surface area contributed by atoms with Crippen LogP contribution >= 0.6 is 0 Å². The van der Waals surface area contributed by atoms with E-state index >= 15 is 0 Å². The molecule has 0 aliphatic rings. The molecule has 2 N–H and O–H groups in total. The SMILES string of the molecule is C=CCN(C)Cc1ccc(N)cc1OC. The highest BCUT2D eigenvalue weighted by Gasteiger charge is 2.05. The number of benzene rings is 1. The molecule has 3 nitrogen and oxygen atoms in total. The maximum Gasteiger partial charge on any atom is 0.125 e. The predicted octanol–water partition coefficient (Wildman–Crippen LogP) is 1.90. The third kappa shape index (κ3) is 3.29. The van der Waals surface area contributed by atoms with Crippen molar-refractivity contribution in [2.75, 3.05) is 26.4 Å². The minimum atomic E-state index is 0.724. The van der Waals surface area contributed by atoms with Gasteiger partial charge in [-0.25, -0.2) is 0 Å². The molecule has 3 heteroatoms. The summed E-state index contributed by atoms with van der Waals surface area (Å²) in [5.41, 5.74) is 7.54. The van der Waals surface area contributed by atoms with Crippen LogP contribution in [0.5, 0.6) is 5.75 Å². The number of rotatable bonds is 5. The molecule has 0 saturated carbocycles. The predicted molar refractivity (Wildman–Crippen MR) is 63.9 cm³/mol. The summed E-state index contributed by atoms with van der Waals surface area (Å²) < 4.78 is 5.27. The van der Waals surface area contributed by atoms with Gasteiger partial charge >= 0.3 is 0 Å². The molecule has 0 radical (unpaired) electrons. The number of likely N-dealkylation sites (N-methyl/N-ethyl adjacent to an activating group) is 1. The van der Waals surface area contributed by atoms with Crippen molar-refractivity contribution >= 4 is 5.69 Å². The lowest BCUT2D eigenvalue weighted by molar-refractivity contribution is 0.347. The Morgan fingerprint density at radius 1 is 1.53 bits per heavy atom. The zero-order valence-electron chi connectivity index (χ0n) is 9.36. The van der Waals surface area contributed by atoms with Gasteiger partial charge in [0.2, 0.25) is 0 Å². The Hall–Kier alpha value is -1.48. The largest absolute Gasteiger partial charge is 0.496 e. The van der Waals surface area contributed by atoms with E-state index in [1.165, 1.54) is 0 Å². The lowest BCUT2D eigenvalue weighted by Crippen LogP contribution is -2.17. The molecule has 0 aliphatic heterocycles. The van der Waals surface area contributed by atoms with Crippen LogP contribution in [0.4, 0.5) is 5.69 Å². The number of hydrogen-bond acceptors (Lipinski definition) is 3. The highest BCUT2D eigenvalue weighted by atomic mass is 16.5. The minimum absolute atomic E-state index is 0.724. The molecule has 0 atom stereocenters. The summed E-state index contributed by atoms with van der Waals surface area (Å²) in [7, 11) is 3.70. The first-order chi connectivity index (χ1) is 7.17. The number of anilines is 1. The van der Waals surface area contributed by atoms with E-state index < -0.39 is 0 Å². The molecule has 0 amide bonds. The van der Waals surface area contributed by atoms with Crippen molar-refractivity contribution in [1.29, 1.82) is 0 Å². The molecule has 0 aliphatic carbocycles. The molecule has 82 valence electrons. The summed E-state index contributed by atoms with van der Waals surface area (Å²) in [6.07, 6.45) is 1.88. The molecule has 1 aromatic rings. The summed E-state index contributed by atoms with van der Waals surface area (Å²) in [5, 5.41) is 0. The number of hydrogen-bond donors (Lipinski definition) is 1. The number of ether oxygens (including phenoxy) is 1. The van der Waals surface area contributed by atoms with Crippen molar-refractivity contribution in [2.45, 2.75) is 6.54 Å². The molecule has 0 fully saturated rings. The first kappa shape index (κ1) is 11.6. The van der Waals surface area contributed by atoms with Gasteiger partial charge < -0.3 is 10.5 Å². The Bertz CT molecular complexity index is 336. The van der Waals surface area contributed by atoms with E-state index in [9.17, 15) is 0 Å². The maximum atomic E-state index is 5.68. The van der Waals surface area contributed by atoms with Crippen LogP contribution in [0.3, 0.4) is 0 Å². The third-order valence-corrected chi connectivity index (χ3v) is 2.19. The summed E-state index contributed by atoms with van der Waals surface area (Å²) in [5.74, 6) is 0.839. The van der Waals surface area contributed by atoms with Gasteiger partial charge in [-0.15, -0.1) is 6.58 Å². The molecule has 1 aromatic carbocycles. The molecule has 0 bridgehead atoms. The van der Waals surface area contributed by atoms with Gasteiger partial charge in [0.15, 0.2) is 0 Å². The van der Waals surface area contributed by atoms with Gasteiger partial charge in [0.1, 0.15) is 5.75 Å². The van der Waals surface area contributed by atoms with Gasteiger partial charge in [0.25, 0.3) is 0 Å². The molecular weight excluding hydrogens is 188 g/mol. The second-order valence-corrected chi connectivity index (χ2v) is 3.56. The van der Waals surface area contributed by atoms with E-state index in [-0.39, 0.29) is 0 Å². The second-order valence-electron chi connectivity index (χ2n) is 3.56. The van der Waals surface area contributed by atoms with Gasteiger partial charge in [-0.05, 0) is 13.1 Å². The Morgan fingerprint density at radius 3 is 2.87 bits per heavy atom. The Morgan fingerprint density at radius 2 is 2.27 bits per heavy atom. The summed E-state index contributed by atoms with van der Waals surface area (Å²) in [6.45, 7) is 5.39. The lowest BCUT2D eigenvalue weighted by atomic mass is 10.1. The van der Waals surface area contributed by atoms with E-state index in [0.29, 0.717) is 0 Å². The van der Waals surface area contributed by atoms with Crippen LogP contribution < -0.4 is 10.5 Å². The normalized spacial score (nSPS) is 10.3. The van der Waals surface area contributed by atoms with E-state index in [0.717, 1.165) is 30.1 Å². The fourth-order valence-corrected chi connectivity index (χ4v) is 1.47. The summed E-state index contributed by atoms with van der Waals surface area (Å²) >= 11 is 0. The summed E-state index contributed by atoms with van der Waals surface area (Å²) in [6, 6.07) is 5.73. The van der Waals surface area contributed by atoms with Crippen LogP contribution in [0, 0.1) is 0 Å². The van der Waals surface area contributed by atoms with Gasteiger partial charge in [0, 0.05) is 30.4 Å². The van der Waals surface area contributed by atoms with E-state index in [1.54, 1.807) is 7.11 Å². The fourth-order valence-electron chi connectivity index (χ4n) is 1.47. The topological polar surface area (TPSA) is 38.5 Å².